The van der Waals surface area contributed by atoms with Crippen molar-refractivity contribution in [3.63, 3.8) is 0 Å². The second-order valence-corrected chi connectivity index (χ2v) is 5.23. The van der Waals surface area contributed by atoms with Gasteiger partial charge in [0.15, 0.2) is 0 Å². The first-order chi connectivity index (χ1) is 7.90. The van der Waals surface area contributed by atoms with Crippen LogP contribution in [0.25, 0.3) is 0 Å². The summed E-state index contributed by atoms with van der Waals surface area (Å²) in [5, 5.41) is 1.81. The van der Waals surface area contributed by atoms with E-state index < -0.39 is 0 Å². The third-order valence-electron chi connectivity index (χ3n) is 2.71. The van der Waals surface area contributed by atoms with Gasteiger partial charge in [-0.15, -0.1) is 11.8 Å². The van der Waals surface area contributed by atoms with Gasteiger partial charge in [0.05, 0.1) is 5.03 Å². The van der Waals surface area contributed by atoms with Gasteiger partial charge in [-0.1, -0.05) is 6.07 Å². The minimum absolute atomic E-state index is 0.653. The Morgan fingerprint density at radius 2 is 2.25 bits per heavy atom. The van der Waals surface area contributed by atoms with E-state index in [9.17, 15) is 0 Å². The number of thioether (sulfide) groups is 1. The Bertz CT molecular complexity index is 327. The van der Waals surface area contributed by atoms with Gasteiger partial charge in [0.1, 0.15) is 0 Å². The number of aromatic nitrogens is 1. The van der Waals surface area contributed by atoms with E-state index in [-0.39, 0.29) is 0 Å². The van der Waals surface area contributed by atoms with E-state index in [1.807, 2.05) is 24.0 Å². The molecule has 0 aliphatic carbocycles. The second kappa shape index (κ2) is 6.23. The summed E-state index contributed by atoms with van der Waals surface area (Å²) < 4.78 is 5.36. The quantitative estimate of drug-likeness (QED) is 0.869. The van der Waals surface area contributed by atoms with Gasteiger partial charge in [0.2, 0.25) is 0 Å². The summed E-state index contributed by atoms with van der Waals surface area (Å²) in [5.41, 5.74) is 6.88. The first-order valence-electron chi connectivity index (χ1n) is 5.78. The zero-order valence-electron chi connectivity index (χ0n) is 9.39. The summed E-state index contributed by atoms with van der Waals surface area (Å²) in [7, 11) is 0. The molecule has 0 spiro atoms. The molecule has 0 bridgehead atoms. The molecule has 3 nitrogen and oxygen atoms in total. The fourth-order valence-corrected chi connectivity index (χ4v) is 3.01. The maximum Gasteiger partial charge on any atom is 0.0995 e. The molecule has 1 saturated heterocycles. The molecule has 1 aromatic heterocycles. The molecule has 2 rings (SSSR count). The molecule has 1 aromatic rings. The molecule has 0 aromatic carbocycles. The van der Waals surface area contributed by atoms with E-state index in [1.54, 1.807) is 0 Å². The van der Waals surface area contributed by atoms with Crippen molar-refractivity contribution in [2.45, 2.75) is 29.5 Å². The van der Waals surface area contributed by atoms with Crippen LogP contribution in [0, 0.1) is 0 Å². The number of nitrogens with two attached hydrogens (primary N) is 1. The Labute approximate surface area is 101 Å². The van der Waals surface area contributed by atoms with E-state index in [0.717, 1.165) is 37.5 Å². The van der Waals surface area contributed by atoms with Crippen LogP contribution in [-0.2, 0) is 11.2 Å². The van der Waals surface area contributed by atoms with Gasteiger partial charge in [-0.2, -0.15) is 0 Å². The zero-order chi connectivity index (χ0) is 11.2. The first-order valence-corrected chi connectivity index (χ1v) is 6.66. The highest BCUT2D eigenvalue weighted by atomic mass is 32.2. The van der Waals surface area contributed by atoms with Gasteiger partial charge in [-0.3, -0.25) is 0 Å². The molecular weight excluding hydrogens is 220 g/mol. The first kappa shape index (κ1) is 11.9. The van der Waals surface area contributed by atoms with Gasteiger partial charge >= 0.3 is 0 Å². The Balaban J connectivity index is 2.01. The standard InChI is InChI=1S/C12H18N2OS/c13-6-3-10-2-1-7-14-12(10)16-11-4-8-15-9-5-11/h1-2,7,11H,3-6,8-9,13H2. The maximum absolute atomic E-state index is 5.61. The predicted molar refractivity (Wildman–Crippen MR) is 66.7 cm³/mol. The lowest BCUT2D eigenvalue weighted by Gasteiger charge is -2.21. The largest absolute Gasteiger partial charge is 0.381 e. The van der Waals surface area contributed by atoms with Crippen LogP contribution < -0.4 is 5.73 Å². The van der Waals surface area contributed by atoms with Gasteiger partial charge in [-0.25, -0.2) is 4.98 Å². The van der Waals surface area contributed by atoms with Crippen LogP contribution in [0.5, 0.6) is 0 Å². The third-order valence-corrected chi connectivity index (χ3v) is 4.11. The van der Waals surface area contributed by atoms with Crippen LogP contribution in [-0.4, -0.2) is 30.0 Å². The van der Waals surface area contributed by atoms with Crippen molar-refractivity contribution < 1.29 is 4.74 Å². The molecule has 88 valence electrons. The summed E-state index contributed by atoms with van der Waals surface area (Å²) in [5.74, 6) is 0. The van der Waals surface area contributed by atoms with E-state index >= 15 is 0 Å². The molecule has 0 atom stereocenters. The Morgan fingerprint density at radius 3 is 3.00 bits per heavy atom. The average molecular weight is 238 g/mol. The number of hydrogen-bond donors (Lipinski definition) is 1. The molecule has 1 aliphatic rings. The molecule has 0 amide bonds. The summed E-state index contributed by atoms with van der Waals surface area (Å²) in [6.07, 6.45) is 5.04. The maximum atomic E-state index is 5.61. The summed E-state index contributed by atoms with van der Waals surface area (Å²) >= 11 is 1.88. The topological polar surface area (TPSA) is 48.1 Å². The SMILES string of the molecule is NCCc1cccnc1SC1CCOCC1. The van der Waals surface area contributed by atoms with Crippen LogP contribution in [0.4, 0.5) is 0 Å². The average Bonchev–Trinajstić information content (AvgIpc) is 2.33. The molecule has 4 heteroatoms. The van der Waals surface area contributed by atoms with Gasteiger partial charge in [0, 0.05) is 24.7 Å². The number of pyridine rings is 1. The van der Waals surface area contributed by atoms with Crippen molar-refractivity contribution in [3.05, 3.63) is 23.9 Å². The molecule has 0 unspecified atom stereocenters. The number of rotatable bonds is 4. The van der Waals surface area contributed by atoms with E-state index in [4.69, 9.17) is 10.5 Å². The highest BCUT2D eigenvalue weighted by molar-refractivity contribution is 7.99. The molecule has 1 aliphatic heterocycles. The molecule has 0 radical (unpaired) electrons. The fourth-order valence-electron chi connectivity index (χ4n) is 1.83. The Morgan fingerprint density at radius 1 is 1.44 bits per heavy atom. The molecular formula is C12H18N2OS. The van der Waals surface area contributed by atoms with Crippen molar-refractivity contribution in [2.75, 3.05) is 19.8 Å². The van der Waals surface area contributed by atoms with Crippen molar-refractivity contribution in [2.24, 2.45) is 5.73 Å². The lowest BCUT2D eigenvalue weighted by atomic mass is 10.2. The second-order valence-electron chi connectivity index (χ2n) is 3.94. The Hall–Kier alpha value is -0.580. The normalized spacial score (nSPS) is 17.6. The minimum Gasteiger partial charge on any atom is -0.381 e. The predicted octanol–water partition coefficient (Wildman–Crippen LogP) is 1.85. The van der Waals surface area contributed by atoms with Crippen molar-refractivity contribution in [3.8, 4) is 0 Å². The van der Waals surface area contributed by atoms with Crippen molar-refractivity contribution >= 4 is 11.8 Å². The van der Waals surface area contributed by atoms with Crippen molar-refractivity contribution in [1.82, 2.24) is 4.98 Å². The number of hydrogen-bond acceptors (Lipinski definition) is 4. The van der Waals surface area contributed by atoms with Crippen LogP contribution >= 0.6 is 11.8 Å². The molecule has 16 heavy (non-hydrogen) atoms. The molecule has 0 saturated carbocycles. The minimum atomic E-state index is 0.653. The number of ether oxygens (including phenoxy) is 1. The highest BCUT2D eigenvalue weighted by Crippen LogP contribution is 2.30. The Kier molecular flexibility index (Phi) is 4.63. The van der Waals surface area contributed by atoms with Crippen LogP contribution in [0.15, 0.2) is 23.4 Å². The highest BCUT2D eigenvalue weighted by Gasteiger charge is 2.16. The summed E-state index contributed by atoms with van der Waals surface area (Å²) in [6.45, 7) is 2.46. The van der Waals surface area contributed by atoms with Gasteiger partial charge in [-0.05, 0) is 37.4 Å². The number of nitrogens with zero attached hydrogens (tertiary/aromatic N) is 1. The molecule has 2 N–H and O–H groups in total. The molecule has 2 heterocycles. The fraction of sp³-hybridized carbons (Fsp3) is 0.583. The van der Waals surface area contributed by atoms with E-state index in [1.165, 1.54) is 5.56 Å². The zero-order valence-corrected chi connectivity index (χ0v) is 10.2. The summed E-state index contributed by atoms with van der Waals surface area (Å²) in [4.78, 5) is 4.46. The van der Waals surface area contributed by atoms with Gasteiger partial charge in [0.25, 0.3) is 0 Å². The lowest BCUT2D eigenvalue weighted by molar-refractivity contribution is 0.1000. The monoisotopic (exact) mass is 238 g/mol. The van der Waals surface area contributed by atoms with Crippen molar-refractivity contribution in [1.29, 1.82) is 0 Å². The summed E-state index contributed by atoms with van der Waals surface area (Å²) in [6, 6.07) is 4.11. The smallest absolute Gasteiger partial charge is 0.0995 e. The molecule has 1 fully saturated rings. The lowest BCUT2D eigenvalue weighted by Crippen LogP contribution is -2.18. The van der Waals surface area contributed by atoms with E-state index in [2.05, 4.69) is 11.1 Å². The van der Waals surface area contributed by atoms with Crippen LogP contribution in [0.1, 0.15) is 18.4 Å². The van der Waals surface area contributed by atoms with E-state index in [0.29, 0.717) is 11.8 Å². The van der Waals surface area contributed by atoms with Crippen LogP contribution in [0.2, 0.25) is 0 Å². The van der Waals surface area contributed by atoms with Crippen LogP contribution in [0.3, 0.4) is 0 Å². The van der Waals surface area contributed by atoms with Gasteiger partial charge < -0.3 is 10.5 Å². The third kappa shape index (κ3) is 3.20.